The first-order chi connectivity index (χ1) is 18.1. The van der Waals surface area contributed by atoms with Crippen LogP contribution >= 0.6 is 0 Å². The molecule has 0 atom stereocenters. The first kappa shape index (κ1) is 22.9. The molecule has 0 saturated heterocycles. The Bertz CT molecular complexity index is 1750. The van der Waals surface area contributed by atoms with Gasteiger partial charge in [0.1, 0.15) is 5.65 Å². The summed E-state index contributed by atoms with van der Waals surface area (Å²) in [5.41, 5.74) is 7.33. The molecule has 0 saturated carbocycles. The summed E-state index contributed by atoms with van der Waals surface area (Å²) < 4.78 is 3.73. The van der Waals surface area contributed by atoms with Crippen molar-refractivity contribution < 1.29 is 0 Å². The number of rotatable bonds is 7. The van der Waals surface area contributed by atoms with Crippen LogP contribution in [0.1, 0.15) is 22.4 Å². The number of hydrogen-bond donors (Lipinski definition) is 1. The van der Waals surface area contributed by atoms with Gasteiger partial charge in [-0.1, -0.05) is 66.2 Å². The molecule has 0 aliphatic rings. The van der Waals surface area contributed by atoms with Gasteiger partial charge in [-0.15, -0.1) is 0 Å². The van der Waals surface area contributed by atoms with E-state index in [4.69, 9.17) is 4.98 Å². The molecule has 0 bridgehead atoms. The third-order valence-corrected chi connectivity index (χ3v) is 6.66. The molecule has 4 heterocycles. The van der Waals surface area contributed by atoms with Crippen LogP contribution in [0.5, 0.6) is 0 Å². The second-order valence-corrected chi connectivity index (χ2v) is 9.39. The third-order valence-electron chi connectivity index (χ3n) is 6.66. The Hall–Kier alpha value is -4.55. The number of pyridine rings is 3. The molecule has 0 radical (unpaired) electrons. The van der Waals surface area contributed by atoms with Gasteiger partial charge < -0.3 is 14.3 Å². The Morgan fingerprint density at radius 2 is 1.59 bits per heavy atom. The standard InChI is InChI=1S/C31H27N5O/c1-22-7-9-23(10-8-22)15-32-16-24-11-12-30-34-26(21-36(30)19-24)20-35-14-13-27-28(25-5-3-2-4-6-25)17-33-18-29(27)31(35)37/h2-14,17-19,21,32H,15-16,20H2,1H3. The summed E-state index contributed by atoms with van der Waals surface area (Å²) in [6, 6.07) is 24.7. The fourth-order valence-corrected chi connectivity index (χ4v) is 4.68. The van der Waals surface area contributed by atoms with Gasteiger partial charge in [0.2, 0.25) is 0 Å². The molecule has 6 aromatic rings. The maximum absolute atomic E-state index is 13.3. The molecule has 0 aliphatic carbocycles. The lowest BCUT2D eigenvalue weighted by Gasteiger charge is -2.09. The highest BCUT2D eigenvalue weighted by Gasteiger charge is 2.11. The van der Waals surface area contributed by atoms with Crippen molar-refractivity contribution in [1.29, 1.82) is 0 Å². The van der Waals surface area contributed by atoms with E-state index in [1.54, 1.807) is 10.8 Å². The van der Waals surface area contributed by atoms with Crippen molar-refractivity contribution in [3.05, 3.63) is 137 Å². The van der Waals surface area contributed by atoms with Crippen LogP contribution in [0.3, 0.4) is 0 Å². The van der Waals surface area contributed by atoms with Crippen molar-refractivity contribution in [2.24, 2.45) is 0 Å². The van der Waals surface area contributed by atoms with E-state index < -0.39 is 0 Å². The Kier molecular flexibility index (Phi) is 6.08. The van der Waals surface area contributed by atoms with Gasteiger partial charge in [0.25, 0.3) is 5.56 Å². The number of nitrogens with zero attached hydrogens (tertiary/aromatic N) is 4. The van der Waals surface area contributed by atoms with Crippen LogP contribution in [-0.2, 0) is 19.6 Å². The zero-order chi connectivity index (χ0) is 25.2. The summed E-state index contributed by atoms with van der Waals surface area (Å²) in [6.45, 7) is 4.08. The van der Waals surface area contributed by atoms with Crippen molar-refractivity contribution in [2.75, 3.05) is 0 Å². The van der Waals surface area contributed by atoms with Crippen LogP contribution in [0.4, 0.5) is 0 Å². The maximum Gasteiger partial charge on any atom is 0.260 e. The molecule has 182 valence electrons. The molecular weight excluding hydrogens is 458 g/mol. The van der Waals surface area contributed by atoms with E-state index in [1.807, 2.05) is 65.5 Å². The molecule has 6 heteroatoms. The van der Waals surface area contributed by atoms with Crippen molar-refractivity contribution in [2.45, 2.75) is 26.6 Å². The van der Waals surface area contributed by atoms with Crippen molar-refractivity contribution >= 4 is 16.4 Å². The number of imidazole rings is 1. The Morgan fingerprint density at radius 1 is 0.811 bits per heavy atom. The van der Waals surface area contributed by atoms with Gasteiger partial charge in [0, 0.05) is 49.6 Å². The van der Waals surface area contributed by atoms with E-state index >= 15 is 0 Å². The summed E-state index contributed by atoms with van der Waals surface area (Å²) in [5.74, 6) is 0. The summed E-state index contributed by atoms with van der Waals surface area (Å²) in [5, 5.41) is 5.01. The van der Waals surface area contributed by atoms with E-state index in [2.05, 4.69) is 53.8 Å². The Labute approximate surface area is 214 Å². The molecule has 0 unspecified atom stereocenters. The quantitative estimate of drug-likeness (QED) is 0.331. The first-order valence-corrected chi connectivity index (χ1v) is 12.4. The predicted molar refractivity (Wildman–Crippen MR) is 147 cm³/mol. The highest BCUT2D eigenvalue weighted by atomic mass is 16.1. The molecule has 0 aliphatic heterocycles. The molecule has 2 aromatic carbocycles. The SMILES string of the molecule is Cc1ccc(CNCc2ccc3nc(Cn4ccc5c(-c6ccccc6)cncc5c4=O)cn3c2)cc1. The van der Waals surface area contributed by atoms with Gasteiger partial charge in [-0.05, 0) is 41.1 Å². The summed E-state index contributed by atoms with van der Waals surface area (Å²) in [4.78, 5) is 22.4. The highest BCUT2D eigenvalue weighted by molar-refractivity contribution is 5.95. The van der Waals surface area contributed by atoms with Gasteiger partial charge in [-0.3, -0.25) is 9.78 Å². The lowest BCUT2D eigenvalue weighted by molar-refractivity contribution is 0.690. The van der Waals surface area contributed by atoms with E-state index in [-0.39, 0.29) is 5.56 Å². The van der Waals surface area contributed by atoms with Crippen molar-refractivity contribution in [3.63, 3.8) is 0 Å². The van der Waals surface area contributed by atoms with Crippen LogP contribution in [0.25, 0.3) is 27.5 Å². The average molecular weight is 486 g/mol. The lowest BCUT2D eigenvalue weighted by atomic mass is 10.0. The zero-order valence-electron chi connectivity index (χ0n) is 20.6. The third kappa shape index (κ3) is 4.79. The fourth-order valence-electron chi connectivity index (χ4n) is 4.68. The monoisotopic (exact) mass is 485 g/mol. The normalized spacial score (nSPS) is 11.4. The molecule has 1 N–H and O–H groups in total. The Morgan fingerprint density at radius 3 is 2.43 bits per heavy atom. The molecule has 6 rings (SSSR count). The fraction of sp³-hybridized carbons (Fsp3) is 0.129. The Balaban J connectivity index is 1.21. The number of aryl methyl sites for hydroxylation is 1. The molecular formula is C31H27N5O. The number of fused-ring (bicyclic) bond motifs is 2. The van der Waals surface area contributed by atoms with Gasteiger partial charge in [0.05, 0.1) is 17.6 Å². The summed E-state index contributed by atoms with van der Waals surface area (Å²) >= 11 is 0. The van der Waals surface area contributed by atoms with Gasteiger partial charge in [-0.25, -0.2) is 4.98 Å². The average Bonchev–Trinajstić information content (AvgIpc) is 3.33. The van der Waals surface area contributed by atoms with Crippen LogP contribution in [-0.4, -0.2) is 18.9 Å². The minimum absolute atomic E-state index is 0.0687. The largest absolute Gasteiger partial charge is 0.309 e. The van der Waals surface area contributed by atoms with Crippen LogP contribution < -0.4 is 10.9 Å². The molecule has 37 heavy (non-hydrogen) atoms. The predicted octanol–water partition coefficient (Wildman–Crippen LogP) is 5.36. The van der Waals surface area contributed by atoms with E-state index in [9.17, 15) is 4.79 Å². The topological polar surface area (TPSA) is 64.2 Å². The first-order valence-electron chi connectivity index (χ1n) is 12.4. The molecule has 6 nitrogen and oxygen atoms in total. The van der Waals surface area contributed by atoms with E-state index in [1.165, 1.54) is 16.7 Å². The van der Waals surface area contributed by atoms with Crippen LogP contribution in [0, 0.1) is 6.92 Å². The minimum atomic E-state index is -0.0687. The van der Waals surface area contributed by atoms with Gasteiger partial charge in [0.15, 0.2) is 0 Å². The second kappa shape index (κ2) is 9.84. The molecule has 0 fully saturated rings. The zero-order valence-corrected chi connectivity index (χ0v) is 20.6. The smallest absolute Gasteiger partial charge is 0.260 e. The summed E-state index contributed by atoms with van der Waals surface area (Å²) in [6.07, 6.45) is 9.40. The summed E-state index contributed by atoms with van der Waals surface area (Å²) in [7, 11) is 0. The lowest BCUT2D eigenvalue weighted by Crippen LogP contribution is -2.20. The van der Waals surface area contributed by atoms with Gasteiger partial charge >= 0.3 is 0 Å². The minimum Gasteiger partial charge on any atom is -0.309 e. The maximum atomic E-state index is 13.3. The van der Waals surface area contributed by atoms with E-state index in [0.717, 1.165) is 40.9 Å². The van der Waals surface area contributed by atoms with Crippen molar-refractivity contribution in [3.8, 4) is 11.1 Å². The highest BCUT2D eigenvalue weighted by Crippen LogP contribution is 2.25. The van der Waals surface area contributed by atoms with Crippen molar-refractivity contribution in [1.82, 2.24) is 24.3 Å². The van der Waals surface area contributed by atoms with Crippen LogP contribution in [0.2, 0.25) is 0 Å². The molecule has 0 spiro atoms. The number of nitrogens with one attached hydrogen (secondary N) is 1. The second-order valence-electron chi connectivity index (χ2n) is 9.39. The molecule has 0 amide bonds. The van der Waals surface area contributed by atoms with Crippen LogP contribution in [0.15, 0.2) is 109 Å². The number of benzene rings is 2. The number of hydrogen-bond acceptors (Lipinski definition) is 4. The molecule has 4 aromatic heterocycles. The van der Waals surface area contributed by atoms with Gasteiger partial charge in [-0.2, -0.15) is 0 Å². The van der Waals surface area contributed by atoms with E-state index in [0.29, 0.717) is 11.9 Å². The number of aromatic nitrogens is 4.